The third-order valence-corrected chi connectivity index (χ3v) is 3.95. The van der Waals surface area contributed by atoms with Crippen LogP contribution in [0, 0.1) is 5.82 Å². The van der Waals surface area contributed by atoms with Crippen molar-refractivity contribution in [2.45, 2.75) is 19.9 Å². The fourth-order valence-corrected chi connectivity index (χ4v) is 2.81. The number of ether oxygens (including phenoxy) is 1. The van der Waals surface area contributed by atoms with E-state index in [1.165, 1.54) is 23.6 Å². The molecule has 0 spiro atoms. The maximum absolute atomic E-state index is 13.4. The number of hydrogen-bond acceptors (Lipinski definition) is 4. The van der Waals surface area contributed by atoms with E-state index in [2.05, 4.69) is 23.7 Å². The average Bonchev–Trinajstić information content (AvgIpc) is 2.85. The van der Waals surface area contributed by atoms with Gasteiger partial charge in [-0.3, -0.25) is 0 Å². The molecule has 0 atom stereocenters. The number of halogens is 1. The second-order valence-electron chi connectivity index (χ2n) is 4.15. The first kappa shape index (κ1) is 13.7. The van der Waals surface area contributed by atoms with Crippen molar-refractivity contribution in [2.75, 3.05) is 18.2 Å². The van der Waals surface area contributed by atoms with E-state index < -0.39 is 5.82 Å². The van der Waals surface area contributed by atoms with Gasteiger partial charge in [-0.1, -0.05) is 6.92 Å². The molecule has 0 fully saturated rings. The number of methoxy groups -OCH3 is 1. The fraction of sp³-hybridized carbons (Fsp3) is 0.286. The Bertz CT molecular complexity index is 569. The Hall–Kier alpha value is -1.75. The summed E-state index contributed by atoms with van der Waals surface area (Å²) in [5, 5.41) is 5.30. The minimum atomic E-state index is -0.448. The largest absolute Gasteiger partial charge is 0.494 e. The molecule has 0 unspecified atom stereocenters. The van der Waals surface area contributed by atoms with E-state index in [4.69, 9.17) is 10.5 Å². The molecule has 2 aromatic rings. The molecule has 0 radical (unpaired) electrons. The fourth-order valence-electron chi connectivity index (χ4n) is 1.89. The molecule has 102 valence electrons. The van der Waals surface area contributed by atoms with E-state index in [0.717, 1.165) is 6.42 Å². The van der Waals surface area contributed by atoms with Crippen LogP contribution >= 0.6 is 11.3 Å². The minimum absolute atomic E-state index is 0.193. The van der Waals surface area contributed by atoms with Crippen molar-refractivity contribution < 1.29 is 9.13 Å². The number of rotatable bonds is 5. The lowest BCUT2D eigenvalue weighted by molar-refractivity contribution is 0.387. The number of hydrogen-bond donors (Lipinski definition) is 2. The summed E-state index contributed by atoms with van der Waals surface area (Å²) < 4.78 is 18.4. The molecular formula is C14H17FN2OS. The molecule has 0 aliphatic carbocycles. The van der Waals surface area contributed by atoms with Gasteiger partial charge in [-0.25, -0.2) is 4.39 Å². The van der Waals surface area contributed by atoms with Crippen LogP contribution in [0.1, 0.15) is 17.4 Å². The molecule has 0 aliphatic rings. The summed E-state index contributed by atoms with van der Waals surface area (Å²) in [5.41, 5.74) is 8.20. The van der Waals surface area contributed by atoms with Crippen molar-refractivity contribution in [3.63, 3.8) is 0 Å². The van der Waals surface area contributed by atoms with E-state index in [-0.39, 0.29) is 5.75 Å². The quantitative estimate of drug-likeness (QED) is 0.822. The summed E-state index contributed by atoms with van der Waals surface area (Å²) in [4.78, 5) is 1.27. The van der Waals surface area contributed by atoms with Gasteiger partial charge >= 0.3 is 0 Å². The SMILES string of the molecule is CCc1ccsc1CNc1cc(OC)c(F)cc1N. The molecule has 0 saturated heterocycles. The average molecular weight is 280 g/mol. The Labute approximate surface area is 116 Å². The minimum Gasteiger partial charge on any atom is -0.494 e. The maximum atomic E-state index is 13.4. The standard InChI is InChI=1S/C14H17FN2OS/c1-3-9-4-5-19-14(9)8-17-12-7-13(18-2)10(15)6-11(12)16/h4-7,17H,3,8,16H2,1-2H3. The maximum Gasteiger partial charge on any atom is 0.167 e. The van der Waals surface area contributed by atoms with Gasteiger partial charge in [0.25, 0.3) is 0 Å². The molecule has 0 amide bonds. The molecule has 1 heterocycles. The second-order valence-corrected chi connectivity index (χ2v) is 5.15. The first-order valence-corrected chi connectivity index (χ1v) is 6.95. The van der Waals surface area contributed by atoms with Crippen LogP contribution in [0.5, 0.6) is 5.75 Å². The predicted octanol–water partition coefficient (Wildman–Crippen LogP) is 3.65. The van der Waals surface area contributed by atoms with Crippen molar-refractivity contribution in [2.24, 2.45) is 0 Å². The zero-order chi connectivity index (χ0) is 13.8. The third kappa shape index (κ3) is 2.98. The van der Waals surface area contributed by atoms with Crippen molar-refractivity contribution in [3.8, 4) is 5.75 Å². The Morgan fingerprint density at radius 3 is 2.89 bits per heavy atom. The Morgan fingerprint density at radius 1 is 1.42 bits per heavy atom. The predicted molar refractivity (Wildman–Crippen MR) is 78.4 cm³/mol. The van der Waals surface area contributed by atoms with Crippen LogP contribution in [0.4, 0.5) is 15.8 Å². The van der Waals surface area contributed by atoms with E-state index in [1.807, 2.05) is 0 Å². The van der Waals surface area contributed by atoms with E-state index in [9.17, 15) is 4.39 Å². The Morgan fingerprint density at radius 2 is 2.21 bits per heavy atom. The van der Waals surface area contributed by atoms with Gasteiger partial charge in [0.1, 0.15) is 0 Å². The number of thiophene rings is 1. The lowest BCUT2D eigenvalue weighted by Gasteiger charge is -2.12. The van der Waals surface area contributed by atoms with Crippen molar-refractivity contribution >= 4 is 22.7 Å². The van der Waals surface area contributed by atoms with Gasteiger partial charge in [0.2, 0.25) is 0 Å². The lowest BCUT2D eigenvalue weighted by atomic mass is 10.2. The third-order valence-electron chi connectivity index (χ3n) is 2.98. The summed E-state index contributed by atoms with van der Waals surface area (Å²) in [6, 6.07) is 4.98. The van der Waals surface area contributed by atoms with Gasteiger partial charge in [-0.2, -0.15) is 0 Å². The zero-order valence-corrected chi connectivity index (χ0v) is 11.8. The van der Waals surface area contributed by atoms with Crippen LogP contribution in [-0.2, 0) is 13.0 Å². The van der Waals surface area contributed by atoms with E-state index >= 15 is 0 Å². The van der Waals surface area contributed by atoms with Crippen molar-refractivity contribution in [3.05, 3.63) is 39.8 Å². The van der Waals surface area contributed by atoms with Crippen LogP contribution < -0.4 is 15.8 Å². The summed E-state index contributed by atoms with van der Waals surface area (Å²) >= 11 is 1.70. The summed E-state index contributed by atoms with van der Waals surface area (Å²) in [5.74, 6) is -0.255. The van der Waals surface area contributed by atoms with E-state index in [1.54, 1.807) is 17.4 Å². The highest BCUT2D eigenvalue weighted by atomic mass is 32.1. The molecule has 5 heteroatoms. The lowest BCUT2D eigenvalue weighted by Crippen LogP contribution is -2.04. The number of nitrogens with one attached hydrogen (secondary N) is 1. The van der Waals surface area contributed by atoms with Crippen LogP contribution in [0.2, 0.25) is 0 Å². The molecule has 0 saturated carbocycles. The zero-order valence-electron chi connectivity index (χ0n) is 11.0. The van der Waals surface area contributed by atoms with Crippen molar-refractivity contribution in [1.29, 1.82) is 0 Å². The molecule has 0 bridgehead atoms. The van der Waals surface area contributed by atoms with Crippen LogP contribution in [0.15, 0.2) is 23.6 Å². The van der Waals surface area contributed by atoms with Gasteiger partial charge in [0.15, 0.2) is 11.6 Å². The number of nitrogen functional groups attached to an aromatic ring is 1. The molecule has 3 N–H and O–H groups in total. The van der Waals surface area contributed by atoms with Gasteiger partial charge < -0.3 is 15.8 Å². The first-order chi connectivity index (χ1) is 9.15. The topological polar surface area (TPSA) is 47.3 Å². The molecule has 19 heavy (non-hydrogen) atoms. The number of nitrogens with two attached hydrogens (primary N) is 1. The highest BCUT2D eigenvalue weighted by Gasteiger charge is 2.09. The van der Waals surface area contributed by atoms with Gasteiger partial charge in [-0.05, 0) is 23.4 Å². The molecule has 1 aromatic carbocycles. The molecule has 1 aromatic heterocycles. The number of benzene rings is 1. The number of anilines is 2. The van der Waals surface area contributed by atoms with Gasteiger partial charge in [0, 0.05) is 23.6 Å². The second kappa shape index (κ2) is 5.93. The van der Waals surface area contributed by atoms with Gasteiger partial charge in [-0.15, -0.1) is 11.3 Å². The first-order valence-electron chi connectivity index (χ1n) is 6.07. The summed E-state index contributed by atoms with van der Waals surface area (Å²) in [6.07, 6.45) is 1.00. The van der Waals surface area contributed by atoms with Crippen LogP contribution in [0.3, 0.4) is 0 Å². The molecule has 2 rings (SSSR count). The highest BCUT2D eigenvalue weighted by molar-refractivity contribution is 7.10. The van der Waals surface area contributed by atoms with Gasteiger partial charge in [0.05, 0.1) is 18.5 Å². The Kier molecular flexibility index (Phi) is 4.27. The van der Waals surface area contributed by atoms with Crippen molar-refractivity contribution in [1.82, 2.24) is 0 Å². The van der Waals surface area contributed by atoms with E-state index in [0.29, 0.717) is 17.9 Å². The monoisotopic (exact) mass is 280 g/mol. The van der Waals surface area contributed by atoms with Crippen LogP contribution in [-0.4, -0.2) is 7.11 Å². The molecular weight excluding hydrogens is 263 g/mol. The summed E-state index contributed by atoms with van der Waals surface area (Å²) in [7, 11) is 1.44. The van der Waals surface area contributed by atoms with Crippen LogP contribution in [0.25, 0.3) is 0 Å². The number of aryl methyl sites for hydroxylation is 1. The summed E-state index contributed by atoms with van der Waals surface area (Å²) in [6.45, 7) is 2.81. The molecule has 3 nitrogen and oxygen atoms in total. The normalized spacial score (nSPS) is 10.5. The highest BCUT2D eigenvalue weighted by Crippen LogP contribution is 2.29. The smallest absolute Gasteiger partial charge is 0.167 e. The molecule has 0 aliphatic heterocycles. The Balaban J connectivity index is 2.15.